The maximum atomic E-state index is 13.4. The van der Waals surface area contributed by atoms with Gasteiger partial charge in [-0.25, -0.2) is 0 Å². The van der Waals surface area contributed by atoms with Crippen molar-refractivity contribution in [1.29, 1.82) is 0 Å². The summed E-state index contributed by atoms with van der Waals surface area (Å²) in [5, 5.41) is 6.43. The Bertz CT molecular complexity index is 900. The molecule has 140 valence electrons. The predicted octanol–water partition coefficient (Wildman–Crippen LogP) is 5.18. The lowest BCUT2D eigenvalue weighted by Gasteiger charge is -2.37. The molecule has 0 aromatic carbocycles. The monoisotopic (exact) mass is 414 g/mol. The molecule has 0 bridgehead atoms. The molecule has 3 nitrogen and oxygen atoms in total. The molecule has 6 heteroatoms. The van der Waals surface area contributed by atoms with E-state index in [4.69, 9.17) is 0 Å². The van der Waals surface area contributed by atoms with Crippen molar-refractivity contribution in [3.05, 3.63) is 66.7 Å². The Morgan fingerprint density at radius 3 is 2.59 bits per heavy atom. The maximum Gasteiger partial charge on any atom is 0.237 e. The molecule has 0 aliphatic carbocycles. The molecule has 1 fully saturated rings. The number of rotatable bonds is 4. The van der Waals surface area contributed by atoms with E-state index in [9.17, 15) is 4.79 Å². The van der Waals surface area contributed by atoms with Gasteiger partial charge in [-0.05, 0) is 65.7 Å². The largest absolute Gasteiger partial charge is 0.329 e. The third-order valence-corrected chi connectivity index (χ3v) is 8.57. The molecule has 2 aliphatic rings. The van der Waals surface area contributed by atoms with Crippen molar-refractivity contribution in [3.63, 3.8) is 0 Å². The van der Waals surface area contributed by atoms with E-state index >= 15 is 0 Å². The van der Waals surface area contributed by atoms with Crippen molar-refractivity contribution in [1.82, 2.24) is 9.80 Å². The van der Waals surface area contributed by atoms with E-state index in [1.165, 1.54) is 26.6 Å². The fourth-order valence-electron chi connectivity index (χ4n) is 4.42. The Hall–Kier alpha value is -1.47. The molecular formula is C21H22N2OS3. The normalized spacial score (nSPS) is 22.9. The molecule has 3 aromatic rings. The second-order valence-corrected chi connectivity index (χ2v) is 10.2. The van der Waals surface area contributed by atoms with Crippen molar-refractivity contribution in [2.24, 2.45) is 0 Å². The molecule has 5 heterocycles. The average molecular weight is 415 g/mol. The van der Waals surface area contributed by atoms with Crippen molar-refractivity contribution in [2.75, 3.05) is 19.6 Å². The molecule has 27 heavy (non-hydrogen) atoms. The van der Waals surface area contributed by atoms with E-state index in [1.54, 1.807) is 11.3 Å². The number of nitrogens with zero attached hydrogens (tertiary/aromatic N) is 2. The van der Waals surface area contributed by atoms with Gasteiger partial charge in [0.15, 0.2) is 0 Å². The van der Waals surface area contributed by atoms with E-state index < -0.39 is 0 Å². The second-order valence-electron chi connectivity index (χ2n) is 7.20. The summed E-state index contributed by atoms with van der Waals surface area (Å²) in [7, 11) is 0. The van der Waals surface area contributed by atoms with E-state index in [-0.39, 0.29) is 11.9 Å². The third-order valence-electron chi connectivity index (χ3n) is 5.67. The predicted molar refractivity (Wildman–Crippen MR) is 114 cm³/mol. The van der Waals surface area contributed by atoms with E-state index in [2.05, 4.69) is 56.3 Å². The molecule has 3 aromatic heterocycles. The number of fused-ring (bicyclic) bond motifs is 1. The van der Waals surface area contributed by atoms with Gasteiger partial charge in [-0.1, -0.05) is 12.1 Å². The number of carbonyl (C=O) groups excluding carboxylic acids is 1. The minimum atomic E-state index is 0.0929. The summed E-state index contributed by atoms with van der Waals surface area (Å²) < 4.78 is 0. The standard InChI is InChI=1S/C21H22N2OS3/c24-20(14-22-9-1-4-16(22)18-5-2-11-25-18)23-10-7-17-15(8-13-27-17)21(23)19-6-3-12-26-19/h2-3,5-6,8,11-13,16,21H,1,4,7,9-10,14H2. The first-order chi connectivity index (χ1) is 13.3. The number of carbonyl (C=O) groups is 1. The fraction of sp³-hybridized carbons (Fsp3) is 0.381. The highest BCUT2D eigenvalue weighted by Crippen LogP contribution is 2.40. The SMILES string of the molecule is O=C(CN1CCCC1c1cccs1)N1CCc2sccc2C1c1cccs1. The third kappa shape index (κ3) is 3.29. The van der Waals surface area contributed by atoms with Gasteiger partial charge >= 0.3 is 0 Å². The van der Waals surface area contributed by atoms with Crippen molar-refractivity contribution < 1.29 is 4.79 Å². The average Bonchev–Trinajstić information content (AvgIpc) is 3.48. The highest BCUT2D eigenvalue weighted by atomic mass is 32.1. The van der Waals surface area contributed by atoms with Crippen LogP contribution in [0.1, 0.15) is 45.1 Å². The van der Waals surface area contributed by atoms with Crippen LogP contribution in [0.5, 0.6) is 0 Å². The Morgan fingerprint density at radius 2 is 1.81 bits per heavy atom. The van der Waals surface area contributed by atoms with Gasteiger partial charge in [-0.15, -0.1) is 34.0 Å². The molecule has 2 unspecified atom stereocenters. The second kappa shape index (κ2) is 7.51. The number of amides is 1. The quantitative estimate of drug-likeness (QED) is 0.587. The van der Waals surface area contributed by atoms with Crippen LogP contribution in [0, 0.1) is 0 Å². The van der Waals surface area contributed by atoms with Crippen molar-refractivity contribution in [2.45, 2.75) is 31.3 Å². The van der Waals surface area contributed by atoms with Crippen LogP contribution in [-0.2, 0) is 11.2 Å². The zero-order valence-electron chi connectivity index (χ0n) is 15.0. The highest BCUT2D eigenvalue weighted by Gasteiger charge is 2.36. The van der Waals surface area contributed by atoms with Gasteiger partial charge in [0.2, 0.25) is 5.91 Å². The molecule has 0 saturated carbocycles. The molecule has 0 spiro atoms. The molecule has 2 aliphatic heterocycles. The van der Waals surface area contributed by atoms with Crippen LogP contribution < -0.4 is 0 Å². The molecule has 5 rings (SSSR count). The van der Waals surface area contributed by atoms with Crippen LogP contribution in [0.3, 0.4) is 0 Å². The Balaban J connectivity index is 1.39. The lowest BCUT2D eigenvalue weighted by Crippen LogP contribution is -2.45. The number of hydrogen-bond acceptors (Lipinski definition) is 5. The summed E-state index contributed by atoms with van der Waals surface area (Å²) in [4.78, 5) is 22.0. The molecule has 0 N–H and O–H groups in total. The van der Waals surface area contributed by atoms with Gasteiger partial charge < -0.3 is 4.90 Å². The lowest BCUT2D eigenvalue weighted by molar-refractivity contribution is -0.134. The van der Waals surface area contributed by atoms with Gasteiger partial charge in [-0.3, -0.25) is 9.69 Å². The maximum absolute atomic E-state index is 13.4. The number of thiophene rings is 3. The summed E-state index contributed by atoms with van der Waals surface area (Å²) in [6.07, 6.45) is 3.32. The van der Waals surface area contributed by atoms with E-state index in [0.29, 0.717) is 12.6 Å². The van der Waals surface area contributed by atoms with Gasteiger partial charge in [0.05, 0.1) is 12.6 Å². The molecule has 1 amide bonds. The highest BCUT2D eigenvalue weighted by molar-refractivity contribution is 7.11. The minimum absolute atomic E-state index is 0.0929. The first kappa shape index (κ1) is 17.6. The van der Waals surface area contributed by atoms with E-state index in [0.717, 1.165) is 25.9 Å². The van der Waals surface area contributed by atoms with Gasteiger partial charge in [-0.2, -0.15) is 0 Å². The smallest absolute Gasteiger partial charge is 0.237 e. The van der Waals surface area contributed by atoms with Gasteiger partial charge in [0, 0.05) is 27.2 Å². The first-order valence-corrected chi connectivity index (χ1v) is 12.1. The Morgan fingerprint density at radius 1 is 1.00 bits per heavy atom. The van der Waals surface area contributed by atoms with Crippen LogP contribution in [0.25, 0.3) is 0 Å². The summed E-state index contributed by atoms with van der Waals surface area (Å²) in [6, 6.07) is 11.3. The van der Waals surface area contributed by atoms with Crippen LogP contribution in [0.15, 0.2) is 46.5 Å². The first-order valence-electron chi connectivity index (χ1n) is 9.48. The van der Waals surface area contributed by atoms with Crippen molar-refractivity contribution in [3.8, 4) is 0 Å². The molecule has 1 saturated heterocycles. The molecular weight excluding hydrogens is 392 g/mol. The van der Waals surface area contributed by atoms with Crippen LogP contribution >= 0.6 is 34.0 Å². The number of hydrogen-bond donors (Lipinski definition) is 0. The van der Waals surface area contributed by atoms with Crippen molar-refractivity contribution >= 4 is 39.9 Å². The van der Waals surface area contributed by atoms with Crippen LogP contribution in [0.2, 0.25) is 0 Å². The van der Waals surface area contributed by atoms with Crippen LogP contribution in [-0.4, -0.2) is 35.3 Å². The Labute approximate surface area is 171 Å². The van der Waals surface area contributed by atoms with Crippen LogP contribution in [0.4, 0.5) is 0 Å². The summed E-state index contributed by atoms with van der Waals surface area (Å²) >= 11 is 5.40. The summed E-state index contributed by atoms with van der Waals surface area (Å²) in [5.41, 5.74) is 1.33. The topological polar surface area (TPSA) is 23.6 Å². The summed E-state index contributed by atoms with van der Waals surface area (Å²) in [6.45, 7) is 2.38. The Kier molecular flexibility index (Phi) is 4.90. The molecule has 0 radical (unpaired) electrons. The molecule has 2 atom stereocenters. The van der Waals surface area contributed by atoms with Gasteiger partial charge in [0.1, 0.15) is 0 Å². The zero-order chi connectivity index (χ0) is 18.2. The fourth-order valence-corrected chi connectivity index (χ4v) is 7.08. The van der Waals surface area contributed by atoms with Gasteiger partial charge in [0.25, 0.3) is 0 Å². The van der Waals surface area contributed by atoms with E-state index in [1.807, 2.05) is 22.7 Å². The summed E-state index contributed by atoms with van der Waals surface area (Å²) in [5.74, 6) is 0.272. The number of likely N-dealkylation sites (tertiary alicyclic amines) is 1. The minimum Gasteiger partial charge on any atom is -0.329 e. The zero-order valence-corrected chi connectivity index (χ0v) is 17.5. The lowest BCUT2D eigenvalue weighted by atomic mass is 9.98.